The van der Waals surface area contributed by atoms with E-state index in [2.05, 4.69) is 26.8 Å². The number of hydrogen-bond acceptors (Lipinski definition) is 1. The number of fused-ring (bicyclic) bond motifs is 5. The zero-order valence-electron chi connectivity index (χ0n) is 16.8. The Balaban J connectivity index is 1.51. The first-order valence-electron chi connectivity index (χ1n) is 11.2. The molecule has 0 aliphatic heterocycles. The van der Waals surface area contributed by atoms with Crippen LogP contribution < -0.4 is 0 Å². The number of Topliss-reactive ketones (excluding diaryl/α,β-unsaturated/α-hetero) is 1. The largest absolute Gasteiger partial charge is 0.299 e. The maximum absolute atomic E-state index is 12.5. The molecule has 4 rings (SSSR count). The lowest BCUT2D eigenvalue weighted by atomic mass is 9.45. The van der Waals surface area contributed by atoms with Gasteiger partial charge in [0.05, 0.1) is 0 Å². The molecule has 4 saturated carbocycles. The Morgan fingerprint density at radius 2 is 1.88 bits per heavy atom. The zero-order valence-corrected chi connectivity index (χ0v) is 16.8. The summed E-state index contributed by atoms with van der Waals surface area (Å²) in [4.78, 5) is 12.5. The van der Waals surface area contributed by atoms with Gasteiger partial charge in [-0.15, -0.1) is 0 Å². The predicted octanol–water partition coefficient (Wildman–Crippen LogP) is 6.71. The highest BCUT2D eigenvalue weighted by Gasteiger charge is 2.59. The molecule has 140 valence electrons. The average molecular weight is 343 g/mol. The standard InChI is InChI=1S/C24H38O/c1-4-5-6-7-17-12-14-23(2)18(16-17)8-9-19-20-10-11-22(25)24(20,3)15-13-21(19)23/h7,18-21H,4-6,8-16H2,1-3H3/b17-7+. The van der Waals surface area contributed by atoms with Gasteiger partial charge in [-0.05, 0) is 86.9 Å². The van der Waals surface area contributed by atoms with Gasteiger partial charge in [-0.25, -0.2) is 0 Å². The van der Waals surface area contributed by atoms with Crippen LogP contribution >= 0.6 is 0 Å². The molecule has 0 aromatic rings. The van der Waals surface area contributed by atoms with Gasteiger partial charge in [0, 0.05) is 11.8 Å². The van der Waals surface area contributed by atoms with Crippen molar-refractivity contribution in [1.82, 2.24) is 0 Å². The fourth-order valence-electron chi connectivity index (χ4n) is 7.57. The molecule has 25 heavy (non-hydrogen) atoms. The quantitative estimate of drug-likeness (QED) is 0.411. The third-order valence-corrected chi connectivity index (χ3v) is 9.26. The van der Waals surface area contributed by atoms with Crippen LogP contribution in [0.1, 0.15) is 97.8 Å². The highest BCUT2D eigenvalue weighted by molar-refractivity contribution is 5.87. The van der Waals surface area contributed by atoms with Crippen LogP contribution in [0.15, 0.2) is 11.6 Å². The van der Waals surface area contributed by atoms with E-state index in [-0.39, 0.29) is 5.41 Å². The molecule has 0 N–H and O–H groups in total. The molecular formula is C24H38O. The van der Waals surface area contributed by atoms with Crippen molar-refractivity contribution < 1.29 is 4.79 Å². The molecule has 6 unspecified atom stereocenters. The van der Waals surface area contributed by atoms with Gasteiger partial charge < -0.3 is 0 Å². The Kier molecular flexibility index (Phi) is 4.66. The second kappa shape index (κ2) is 6.54. The van der Waals surface area contributed by atoms with Gasteiger partial charge in [0.15, 0.2) is 0 Å². The molecule has 1 heteroatoms. The molecule has 0 saturated heterocycles. The Bertz CT molecular complexity index is 560. The molecule has 0 heterocycles. The highest BCUT2D eigenvalue weighted by Crippen LogP contribution is 2.65. The van der Waals surface area contributed by atoms with E-state index in [9.17, 15) is 4.79 Å². The Morgan fingerprint density at radius 1 is 1.04 bits per heavy atom. The van der Waals surface area contributed by atoms with E-state index in [1.54, 1.807) is 5.57 Å². The summed E-state index contributed by atoms with van der Waals surface area (Å²) in [6.07, 6.45) is 18.1. The van der Waals surface area contributed by atoms with Crippen LogP contribution in [0.3, 0.4) is 0 Å². The molecule has 0 amide bonds. The van der Waals surface area contributed by atoms with Gasteiger partial charge in [-0.1, -0.05) is 45.3 Å². The van der Waals surface area contributed by atoms with Gasteiger partial charge in [-0.3, -0.25) is 4.79 Å². The first kappa shape index (κ1) is 17.8. The maximum atomic E-state index is 12.5. The monoisotopic (exact) mass is 342 g/mol. The van der Waals surface area contributed by atoms with Crippen LogP contribution in [0.4, 0.5) is 0 Å². The molecular weight excluding hydrogens is 304 g/mol. The molecule has 4 aliphatic rings. The van der Waals surface area contributed by atoms with Crippen LogP contribution in [0.2, 0.25) is 0 Å². The van der Waals surface area contributed by atoms with Gasteiger partial charge in [0.25, 0.3) is 0 Å². The van der Waals surface area contributed by atoms with Crippen molar-refractivity contribution >= 4 is 5.78 Å². The molecule has 0 spiro atoms. The SMILES string of the molecule is CCCC/C=C1\CCC2(C)C(CCC3C4CCC(=O)C4(C)CCC32)C1. The molecule has 1 nitrogen and oxygen atoms in total. The van der Waals surface area contributed by atoms with Crippen molar-refractivity contribution in [3.63, 3.8) is 0 Å². The van der Waals surface area contributed by atoms with Crippen LogP contribution in [0.5, 0.6) is 0 Å². The fraction of sp³-hybridized carbons (Fsp3) is 0.875. The third-order valence-electron chi connectivity index (χ3n) is 9.26. The number of ketones is 1. The van der Waals surface area contributed by atoms with E-state index < -0.39 is 0 Å². The van der Waals surface area contributed by atoms with Gasteiger partial charge in [0.2, 0.25) is 0 Å². The lowest BCUT2D eigenvalue weighted by Gasteiger charge is -2.59. The molecule has 0 radical (unpaired) electrons. The van der Waals surface area contributed by atoms with Crippen molar-refractivity contribution in [1.29, 1.82) is 0 Å². The topological polar surface area (TPSA) is 17.1 Å². The summed E-state index contributed by atoms with van der Waals surface area (Å²) < 4.78 is 0. The summed E-state index contributed by atoms with van der Waals surface area (Å²) in [6, 6.07) is 0. The molecule has 0 aromatic heterocycles. The fourth-order valence-corrected chi connectivity index (χ4v) is 7.57. The van der Waals surface area contributed by atoms with Crippen molar-refractivity contribution in [3.8, 4) is 0 Å². The normalized spacial score (nSPS) is 48.1. The van der Waals surface area contributed by atoms with E-state index in [1.807, 2.05) is 0 Å². The lowest BCUT2D eigenvalue weighted by molar-refractivity contribution is -0.137. The number of carbonyl (C=O) groups excluding carboxylic acids is 1. The van der Waals surface area contributed by atoms with Gasteiger partial charge in [0.1, 0.15) is 5.78 Å². The minimum Gasteiger partial charge on any atom is -0.299 e. The number of rotatable bonds is 3. The molecule has 6 atom stereocenters. The van der Waals surface area contributed by atoms with E-state index in [1.165, 1.54) is 70.6 Å². The number of allylic oxidation sites excluding steroid dienone is 2. The third kappa shape index (κ3) is 2.76. The minimum absolute atomic E-state index is 0.0459. The smallest absolute Gasteiger partial charge is 0.139 e. The zero-order chi connectivity index (χ0) is 17.7. The Labute approximate surface area is 155 Å². The van der Waals surface area contributed by atoms with Crippen molar-refractivity contribution in [2.75, 3.05) is 0 Å². The van der Waals surface area contributed by atoms with Crippen molar-refractivity contribution in [3.05, 3.63) is 11.6 Å². The first-order valence-corrected chi connectivity index (χ1v) is 11.2. The second-order valence-corrected chi connectivity index (χ2v) is 10.3. The van der Waals surface area contributed by atoms with Gasteiger partial charge in [-0.2, -0.15) is 0 Å². The molecule has 0 aromatic carbocycles. The predicted molar refractivity (Wildman–Crippen MR) is 104 cm³/mol. The van der Waals surface area contributed by atoms with E-state index in [0.717, 1.165) is 24.2 Å². The lowest BCUT2D eigenvalue weighted by Crippen LogP contribution is -2.53. The Morgan fingerprint density at radius 3 is 2.68 bits per heavy atom. The summed E-state index contributed by atoms with van der Waals surface area (Å²) >= 11 is 0. The van der Waals surface area contributed by atoms with Crippen LogP contribution in [-0.4, -0.2) is 5.78 Å². The van der Waals surface area contributed by atoms with Crippen LogP contribution in [0.25, 0.3) is 0 Å². The number of carbonyl (C=O) groups is 1. The summed E-state index contributed by atoms with van der Waals surface area (Å²) in [5, 5.41) is 0. The molecule has 4 aliphatic carbocycles. The van der Waals surface area contributed by atoms with E-state index >= 15 is 0 Å². The minimum atomic E-state index is 0.0459. The van der Waals surface area contributed by atoms with Crippen LogP contribution in [0, 0.1) is 34.5 Å². The Hall–Kier alpha value is -0.590. The molecule has 0 bridgehead atoms. The van der Waals surface area contributed by atoms with E-state index in [0.29, 0.717) is 17.1 Å². The van der Waals surface area contributed by atoms with Crippen molar-refractivity contribution in [2.24, 2.45) is 34.5 Å². The summed E-state index contributed by atoms with van der Waals surface area (Å²) in [7, 11) is 0. The van der Waals surface area contributed by atoms with Crippen LogP contribution in [-0.2, 0) is 4.79 Å². The first-order chi connectivity index (χ1) is 12.0. The van der Waals surface area contributed by atoms with E-state index in [4.69, 9.17) is 0 Å². The summed E-state index contributed by atoms with van der Waals surface area (Å²) in [5.41, 5.74) is 2.37. The second-order valence-electron chi connectivity index (χ2n) is 10.3. The maximum Gasteiger partial charge on any atom is 0.139 e. The van der Waals surface area contributed by atoms with Gasteiger partial charge >= 0.3 is 0 Å². The highest BCUT2D eigenvalue weighted by atomic mass is 16.1. The summed E-state index contributed by atoms with van der Waals surface area (Å²) in [6.45, 7) is 7.24. The molecule has 4 fully saturated rings. The number of unbranched alkanes of at least 4 members (excludes halogenated alkanes) is 2. The number of hydrogen-bond donors (Lipinski definition) is 0. The average Bonchev–Trinajstić information content (AvgIpc) is 2.90. The van der Waals surface area contributed by atoms with Crippen molar-refractivity contribution in [2.45, 2.75) is 97.8 Å². The summed E-state index contributed by atoms with van der Waals surface area (Å²) in [5.74, 6) is 3.95.